The number of allylic oxidation sites excluding steroid dienone is 2. The number of aliphatic hydroxyl groups is 1. The number of rotatable bonds is 9. The molecular weight excluding hydrogens is 854 g/mol. The topological polar surface area (TPSA) is 162 Å². The fraction of sp³-hybridized carbons (Fsp3) is 0.636. The number of nitrogens with zero attached hydrogens (tertiary/aromatic N) is 1. The van der Waals surface area contributed by atoms with Gasteiger partial charge in [0.1, 0.15) is 5.60 Å². The van der Waals surface area contributed by atoms with Gasteiger partial charge in [-0.15, -0.1) is 0 Å². The standard InChI is InChI=1S/C30H46O4.C21H26ClNO.C4H4O4/c1-25(2)21-8-11-30(7)23(28(21,5)10-9-22(25)32)20(31)16-18-19-17-27(4,24(33)34)13-12-26(19,3)14-15-29(18,30)6;1-21(17-7-4-3-5-8-17,18-10-12-19(22)13-11-18)24-16-14-20-9-6-15-23(20)2;5-3(6)1-2-4(7)8/h16,19,21-23,32H,8-15,17H2,1-7H3,(H,33,34);3-5,7-8,10-13,20H,6,9,14-16H2,1-2H3;1-2H,(H,5,6)(H,7,8). The lowest BCUT2D eigenvalue weighted by Crippen LogP contribution is -2.66. The van der Waals surface area contributed by atoms with Gasteiger partial charge < -0.3 is 30.1 Å². The third kappa shape index (κ3) is 9.60. The Hall–Kier alpha value is -3.83. The van der Waals surface area contributed by atoms with Crippen molar-refractivity contribution in [3.63, 3.8) is 0 Å². The van der Waals surface area contributed by atoms with Crippen molar-refractivity contribution < 1.29 is 44.3 Å². The minimum absolute atomic E-state index is 0.0296. The summed E-state index contributed by atoms with van der Waals surface area (Å²) >= 11 is 6.07. The van der Waals surface area contributed by atoms with Gasteiger partial charge >= 0.3 is 17.9 Å². The maximum absolute atomic E-state index is 14.2. The number of benzene rings is 2. The van der Waals surface area contributed by atoms with E-state index in [1.165, 1.54) is 30.5 Å². The number of hydrogen-bond donors (Lipinski definition) is 4. The average molecular weight is 931 g/mol. The zero-order chi connectivity index (χ0) is 48.7. The second-order valence-electron chi connectivity index (χ2n) is 22.8. The molecule has 1 heterocycles. The quantitative estimate of drug-likeness (QED) is 0.178. The summed E-state index contributed by atoms with van der Waals surface area (Å²) in [5, 5.41) is 37.3. The first-order valence-corrected chi connectivity index (χ1v) is 24.6. The first-order chi connectivity index (χ1) is 30.8. The summed E-state index contributed by atoms with van der Waals surface area (Å²) < 4.78 is 6.48. The third-order valence-electron chi connectivity index (χ3n) is 18.7. The van der Waals surface area contributed by atoms with Gasteiger partial charge in [-0.1, -0.05) is 101 Å². The second-order valence-corrected chi connectivity index (χ2v) is 23.2. The number of halogens is 1. The summed E-state index contributed by atoms with van der Waals surface area (Å²) in [7, 11) is 2.22. The number of carboxylic acids is 3. The van der Waals surface area contributed by atoms with E-state index in [0.717, 1.165) is 75.0 Å². The molecule has 4 N–H and O–H groups in total. The highest BCUT2D eigenvalue weighted by molar-refractivity contribution is 6.30. The molecule has 362 valence electrons. The van der Waals surface area contributed by atoms with Crippen molar-refractivity contribution in [2.45, 2.75) is 150 Å². The van der Waals surface area contributed by atoms with E-state index >= 15 is 0 Å². The smallest absolute Gasteiger partial charge is 0.328 e. The predicted molar refractivity (Wildman–Crippen MR) is 258 cm³/mol. The van der Waals surface area contributed by atoms with E-state index in [9.17, 15) is 29.4 Å². The number of carbonyl (C=O) groups is 4. The van der Waals surface area contributed by atoms with Crippen LogP contribution in [0.15, 0.2) is 78.4 Å². The first-order valence-electron chi connectivity index (χ1n) is 24.2. The van der Waals surface area contributed by atoms with Crippen LogP contribution < -0.4 is 0 Å². The Morgan fingerprint density at radius 2 is 1.42 bits per heavy atom. The average Bonchev–Trinajstić information content (AvgIpc) is 3.67. The summed E-state index contributed by atoms with van der Waals surface area (Å²) in [5.74, 6) is -2.45. The van der Waals surface area contributed by atoms with Gasteiger partial charge in [0.15, 0.2) is 5.78 Å². The lowest BCUT2D eigenvalue weighted by atomic mass is 9.33. The highest BCUT2D eigenvalue weighted by Crippen LogP contribution is 2.75. The largest absolute Gasteiger partial charge is 0.481 e. The summed E-state index contributed by atoms with van der Waals surface area (Å²) in [6.45, 7) is 20.0. The van der Waals surface area contributed by atoms with Gasteiger partial charge in [-0.2, -0.15) is 0 Å². The van der Waals surface area contributed by atoms with Crippen LogP contribution in [0.2, 0.25) is 5.02 Å². The van der Waals surface area contributed by atoms with Crippen LogP contribution in [0, 0.1) is 50.2 Å². The molecular formula is C55H76ClNO9. The molecule has 11 atom stereocenters. The van der Waals surface area contributed by atoms with E-state index in [4.69, 9.17) is 26.6 Å². The third-order valence-corrected chi connectivity index (χ3v) is 18.9. The highest BCUT2D eigenvalue weighted by atomic mass is 35.5. The minimum atomic E-state index is -1.26. The van der Waals surface area contributed by atoms with Crippen LogP contribution in [0.5, 0.6) is 0 Å². The molecule has 66 heavy (non-hydrogen) atoms. The van der Waals surface area contributed by atoms with Gasteiger partial charge in [0.2, 0.25) is 0 Å². The Bertz CT molecular complexity index is 2160. The van der Waals surface area contributed by atoms with Gasteiger partial charge in [0, 0.05) is 35.7 Å². The van der Waals surface area contributed by atoms with Crippen LogP contribution in [-0.2, 0) is 29.5 Å². The van der Waals surface area contributed by atoms with E-state index in [1.54, 1.807) is 0 Å². The van der Waals surface area contributed by atoms with Crippen LogP contribution in [0.25, 0.3) is 0 Å². The van der Waals surface area contributed by atoms with Gasteiger partial charge in [-0.05, 0) is 173 Å². The van der Waals surface area contributed by atoms with Gasteiger partial charge in [-0.3, -0.25) is 9.59 Å². The van der Waals surface area contributed by atoms with E-state index in [2.05, 4.69) is 96.8 Å². The first kappa shape index (κ1) is 51.6. The molecule has 11 unspecified atom stereocenters. The molecule has 8 rings (SSSR count). The summed E-state index contributed by atoms with van der Waals surface area (Å²) in [4.78, 5) is 48.0. The molecule has 0 radical (unpaired) electrons. The van der Waals surface area contributed by atoms with Crippen LogP contribution in [0.1, 0.15) is 144 Å². The van der Waals surface area contributed by atoms with E-state index in [-0.39, 0.29) is 50.8 Å². The molecule has 5 fully saturated rings. The molecule has 1 saturated heterocycles. The highest BCUT2D eigenvalue weighted by Gasteiger charge is 2.70. The lowest BCUT2D eigenvalue weighted by molar-refractivity contribution is -0.202. The number of carboxylic acid groups (broad SMARTS) is 3. The number of carbonyl (C=O) groups excluding carboxylic acids is 1. The lowest BCUT2D eigenvalue weighted by Gasteiger charge is -2.70. The van der Waals surface area contributed by atoms with Crippen molar-refractivity contribution in [1.29, 1.82) is 0 Å². The van der Waals surface area contributed by atoms with Gasteiger partial charge in [0.05, 0.1) is 11.5 Å². The van der Waals surface area contributed by atoms with Crippen LogP contribution in [0.4, 0.5) is 0 Å². The number of likely N-dealkylation sites (tertiary alicyclic amines) is 1. The molecule has 0 aromatic heterocycles. The molecule has 1 aliphatic heterocycles. The maximum atomic E-state index is 14.2. The number of ether oxygens (including phenoxy) is 1. The molecule has 0 amide bonds. The van der Waals surface area contributed by atoms with E-state index in [1.807, 2.05) is 31.2 Å². The molecule has 11 heteroatoms. The monoisotopic (exact) mass is 930 g/mol. The molecule has 5 aliphatic carbocycles. The molecule has 0 bridgehead atoms. The normalized spacial score (nSPS) is 36.6. The Labute approximate surface area is 398 Å². The Kier molecular flexibility index (Phi) is 15.1. The van der Waals surface area contributed by atoms with Crippen LogP contribution >= 0.6 is 11.6 Å². The maximum Gasteiger partial charge on any atom is 0.328 e. The fourth-order valence-electron chi connectivity index (χ4n) is 14.1. The van der Waals surface area contributed by atoms with Gasteiger partial charge in [-0.25, -0.2) is 9.59 Å². The van der Waals surface area contributed by atoms with E-state index in [0.29, 0.717) is 30.5 Å². The summed E-state index contributed by atoms with van der Waals surface area (Å²) in [5.41, 5.74) is 2.00. The predicted octanol–water partition coefficient (Wildman–Crippen LogP) is 11.2. The Morgan fingerprint density at radius 3 is 2.00 bits per heavy atom. The zero-order valence-corrected chi connectivity index (χ0v) is 41.6. The zero-order valence-electron chi connectivity index (χ0n) is 40.9. The number of fused-ring (bicyclic) bond motifs is 7. The molecule has 2 aromatic carbocycles. The summed E-state index contributed by atoms with van der Waals surface area (Å²) in [6.07, 6.45) is 14.7. The molecule has 6 aliphatic rings. The van der Waals surface area contributed by atoms with Crippen molar-refractivity contribution >= 4 is 35.3 Å². The van der Waals surface area contributed by atoms with Crippen molar-refractivity contribution in [2.75, 3.05) is 20.2 Å². The van der Waals surface area contributed by atoms with Crippen molar-refractivity contribution in [1.82, 2.24) is 4.90 Å². The Morgan fingerprint density at radius 1 is 0.818 bits per heavy atom. The summed E-state index contributed by atoms with van der Waals surface area (Å²) in [6, 6.07) is 19.1. The number of hydrogen-bond acceptors (Lipinski definition) is 7. The van der Waals surface area contributed by atoms with Crippen LogP contribution in [0.3, 0.4) is 0 Å². The minimum Gasteiger partial charge on any atom is -0.481 e. The second kappa shape index (κ2) is 19.3. The number of ketones is 1. The number of aliphatic hydroxyl groups excluding tert-OH is 1. The van der Waals surface area contributed by atoms with Crippen molar-refractivity contribution in [3.05, 3.63) is 94.5 Å². The van der Waals surface area contributed by atoms with Crippen LogP contribution in [-0.4, -0.2) is 81.4 Å². The Balaban J connectivity index is 0.000000195. The molecule has 2 aromatic rings. The van der Waals surface area contributed by atoms with E-state index < -0.39 is 28.9 Å². The molecule has 4 saturated carbocycles. The molecule has 10 nitrogen and oxygen atoms in total. The van der Waals surface area contributed by atoms with Gasteiger partial charge in [0.25, 0.3) is 0 Å². The fourth-order valence-corrected chi connectivity index (χ4v) is 14.2. The van der Waals surface area contributed by atoms with Crippen molar-refractivity contribution in [2.24, 2.45) is 50.2 Å². The van der Waals surface area contributed by atoms with Crippen molar-refractivity contribution in [3.8, 4) is 0 Å². The SMILES string of the molecule is CC1(C(=O)O)CCC2(C)CCC3(C)C(=CC(=O)C4C5(C)CCC(O)C(C)(C)C5CCC43C)C2C1.CN1CCCC1CCOC(C)(c1ccccc1)c1ccc(Cl)cc1.O=C(O)C=CC(=O)O. The molecule has 0 spiro atoms. The number of aliphatic carboxylic acids is 3.